The minimum atomic E-state index is -0.0700. The summed E-state index contributed by atoms with van der Waals surface area (Å²) in [5.41, 5.74) is 2.19. The number of guanidine groups is 1. The highest BCUT2D eigenvalue weighted by molar-refractivity contribution is 5.98. The molecule has 0 bridgehead atoms. The van der Waals surface area contributed by atoms with Crippen LogP contribution in [-0.2, 0) is 4.74 Å². The minimum Gasteiger partial charge on any atom is -0.492 e. The average molecular weight is 544 g/mol. The fourth-order valence-corrected chi connectivity index (χ4v) is 3.40. The Bertz CT molecular complexity index is 835. The standard InChI is InChI=1S/C30H51N5O2.C2H6/c1-8-26(14-12-11-13-20-32-22-24-37-30(4,5)6)19-21-33-29(31-7)34-27-15-17-28(18-16-27)36-25-23-35(9-2)10-3;1-2/h8,11-12,15-18,21,32H,9-10,13-14,19-20,22-25H2,1-7H3,(H,31,34);1-2H3/b12-11-,26-8+,33-21-;. The van der Waals surface area contributed by atoms with Crippen LogP contribution in [0, 0.1) is 0 Å². The van der Waals surface area contributed by atoms with Gasteiger partial charge in [-0.3, -0.25) is 4.99 Å². The highest BCUT2D eigenvalue weighted by Crippen LogP contribution is 2.16. The monoisotopic (exact) mass is 543 g/mol. The van der Waals surface area contributed by atoms with Crippen molar-refractivity contribution >= 4 is 17.9 Å². The number of hydrogen-bond donors (Lipinski definition) is 2. The molecule has 0 aromatic heterocycles. The molecule has 0 aliphatic heterocycles. The van der Waals surface area contributed by atoms with E-state index in [-0.39, 0.29) is 5.60 Å². The first-order valence-electron chi connectivity index (χ1n) is 14.7. The van der Waals surface area contributed by atoms with Crippen LogP contribution in [-0.4, -0.2) is 75.7 Å². The zero-order valence-electron chi connectivity index (χ0n) is 26.3. The van der Waals surface area contributed by atoms with Gasteiger partial charge in [0.2, 0.25) is 5.96 Å². The van der Waals surface area contributed by atoms with Crippen molar-refractivity contribution in [1.29, 1.82) is 0 Å². The van der Waals surface area contributed by atoms with Crippen LogP contribution >= 0.6 is 0 Å². The SMILES string of the molecule is C/C=C(\C/C=C\CCNCCOC(C)(C)C)C/C=N\C(=NC)Nc1ccc(OCCN(CC)CC)cc1.CC. The third kappa shape index (κ3) is 20.1. The molecule has 0 saturated carbocycles. The van der Waals surface area contributed by atoms with Crippen LogP contribution in [0.2, 0.25) is 0 Å². The smallest absolute Gasteiger partial charge is 0.221 e. The van der Waals surface area contributed by atoms with E-state index in [4.69, 9.17) is 9.47 Å². The minimum absolute atomic E-state index is 0.0700. The van der Waals surface area contributed by atoms with Crippen molar-refractivity contribution in [3.05, 3.63) is 48.1 Å². The second kappa shape index (κ2) is 23.4. The third-order valence-electron chi connectivity index (χ3n) is 5.72. The molecule has 0 unspecified atom stereocenters. The van der Waals surface area contributed by atoms with Crippen molar-refractivity contribution in [2.75, 3.05) is 58.3 Å². The molecule has 0 aliphatic rings. The molecule has 1 rings (SSSR count). The number of nitrogens with one attached hydrogen (secondary N) is 2. The summed E-state index contributed by atoms with van der Waals surface area (Å²) in [6, 6.07) is 7.92. The Morgan fingerprint density at radius 3 is 2.26 bits per heavy atom. The van der Waals surface area contributed by atoms with Gasteiger partial charge >= 0.3 is 0 Å². The number of allylic oxidation sites excluding steroid dienone is 3. The largest absolute Gasteiger partial charge is 0.492 e. The Kier molecular flexibility index (Phi) is 21.9. The highest BCUT2D eigenvalue weighted by atomic mass is 16.5. The van der Waals surface area contributed by atoms with E-state index in [0.717, 1.165) is 70.0 Å². The molecule has 1 aromatic rings. The number of likely N-dealkylation sites (N-methyl/N-ethyl adjacent to an activating group) is 1. The maximum Gasteiger partial charge on any atom is 0.221 e. The molecule has 222 valence electrons. The van der Waals surface area contributed by atoms with E-state index in [1.54, 1.807) is 7.05 Å². The van der Waals surface area contributed by atoms with Crippen molar-refractivity contribution in [2.45, 2.75) is 80.3 Å². The van der Waals surface area contributed by atoms with Gasteiger partial charge in [0.25, 0.3) is 0 Å². The summed E-state index contributed by atoms with van der Waals surface area (Å²) < 4.78 is 11.6. The summed E-state index contributed by atoms with van der Waals surface area (Å²) >= 11 is 0. The Morgan fingerprint density at radius 1 is 0.974 bits per heavy atom. The Hall–Kier alpha value is -2.48. The summed E-state index contributed by atoms with van der Waals surface area (Å²) in [5.74, 6) is 1.45. The van der Waals surface area contributed by atoms with Crippen LogP contribution in [0.5, 0.6) is 5.75 Å². The molecule has 0 saturated heterocycles. The first kappa shape index (κ1) is 36.5. The molecule has 0 atom stereocenters. The molecule has 39 heavy (non-hydrogen) atoms. The van der Waals surface area contributed by atoms with Crippen molar-refractivity contribution in [1.82, 2.24) is 10.2 Å². The lowest BCUT2D eigenvalue weighted by Gasteiger charge is -2.19. The zero-order chi connectivity index (χ0) is 29.4. The van der Waals surface area contributed by atoms with E-state index in [0.29, 0.717) is 12.6 Å². The molecule has 7 heteroatoms. The second-order valence-corrected chi connectivity index (χ2v) is 9.71. The Balaban J connectivity index is 0.00000704. The van der Waals surface area contributed by atoms with Crippen LogP contribution in [0.25, 0.3) is 0 Å². The average Bonchev–Trinajstić information content (AvgIpc) is 2.94. The highest BCUT2D eigenvalue weighted by Gasteiger charge is 2.08. The molecule has 0 radical (unpaired) electrons. The van der Waals surface area contributed by atoms with Gasteiger partial charge in [0.1, 0.15) is 12.4 Å². The first-order chi connectivity index (χ1) is 18.8. The van der Waals surface area contributed by atoms with E-state index >= 15 is 0 Å². The summed E-state index contributed by atoms with van der Waals surface area (Å²) in [6.07, 6.45) is 11.3. The molecule has 7 nitrogen and oxygen atoms in total. The maximum atomic E-state index is 5.86. The topological polar surface area (TPSA) is 70.5 Å². The molecule has 0 aliphatic carbocycles. The molecule has 0 heterocycles. The van der Waals surface area contributed by atoms with Gasteiger partial charge < -0.3 is 25.0 Å². The van der Waals surface area contributed by atoms with Gasteiger partial charge in [-0.15, -0.1) is 0 Å². The summed E-state index contributed by atoms with van der Waals surface area (Å²) in [6.45, 7) is 22.9. The van der Waals surface area contributed by atoms with Gasteiger partial charge in [0.15, 0.2) is 0 Å². The van der Waals surface area contributed by atoms with Crippen molar-refractivity contribution in [2.24, 2.45) is 9.98 Å². The second-order valence-electron chi connectivity index (χ2n) is 9.71. The number of aliphatic imine (C=N–C) groups is 2. The van der Waals surface area contributed by atoms with E-state index < -0.39 is 0 Å². The summed E-state index contributed by atoms with van der Waals surface area (Å²) in [7, 11) is 1.74. The van der Waals surface area contributed by atoms with Crippen LogP contribution in [0.15, 0.2) is 58.1 Å². The van der Waals surface area contributed by atoms with Gasteiger partial charge in [-0.05, 0) is 84.4 Å². The van der Waals surface area contributed by atoms with E-state index in [2.05, 4.69) is 85.3 Å². The fourth-order valence-electron chi connectivity index (χ4n) is 3.40. The molecule has 0 fully saturated rings. The van der Waals surface area contributed by atoms with Gasteiger partial charge in [-0.1, -0.05) is 51.5 Å². The van der Waals surface area contributed by atoms with Gasteiger partial charge in [0.05, 0.1) is 12.2 Å². The van der Waals surface area contributed by atoms with Crippen LogP contribution in [0.3, 0.4) is 0 Å². The summed E-state index contributed by atoms with van der Waals surface area (Å²) in [4.78, 5) is 11.1. The molecular weight excluding hydrogens is 486 g/mol. The molecule has 1 aromatic carbocycles. The summed E-state index contributed by atoms with van der Waals surface area (Å²) in [5, 5.41) is 6.68. The number of benzene rings is 1. The normalized spacial score (nSPS) is 12.8. The molecule has 2 N–H and O–H groups in total. The van der Waals surface area contributed by atoms with Gasteiger partial charge in [-0.2, -0.15) is 0 Å². The first-order valence-corrected chi connectivity index (χ1v) is 14.7. The Labute approximate surface area is 239 Å². The fraction of sp³-hybridized carbons (Fsp3) is 0.625. The van der Waals surface area contributed by atoms with Crippen molar-refractivity contribution in [3.63, 3.8) is 0 Å². The molecule has 0 spiro atoms. The van der Waals surface area contributed by atoms with Gasteiger partial charge in [-0.25, -0.2) is 4.99 Å². The Morgan fingerprint density at radius 2 is 1.67 bits per heavy atom. The lowest BCUT2D eigenvalue weighted by molar-refractivity contribution is -0.000699. The number of hydrogen-bond acceptors (Lipinski definition) is 5. The number of ether oxygens (including phenoxy) is 2. The maximum absolute atomic E-state index is 5.86. The quantitative estimate of drug-likeness (QED) is 0.0960. The van der Waals surface area contributed by atoms with Crippen molar-refractivity contribution in [3.8, 4) is 5.75 Å². The third-order valence-corrected chi connectivity index (χ3v) is 5.72. The lowest BCUT2D eigenvalue weighted by atomic mass is 10.1. The number of rotatable bonds is 17. The predicted molar refractivity (Wildman–Crippen MR) is 172 cm³/mol. The van der Waals surface area contributed by atoms with Crippen LogP contribution < -0.4 is 15.4 Å². The van der Waals surface area contributed by atoms with Gasteiger partial charge in [0, 0.05) is 38.5 Å². The van der Waals surface area contributed by atoms with E-state index in [1.807, 2.05) is 44.3 Å². The number of anilines is 1. The zero-order valence-corrected chi connectivity index (χ0v) is 26.3. The van der Waals surface area contributed by atoms with E-state index in [9.17, 15) is 0 Å². The van der Waals surface area contributed by atoms with Crippen LogP contribution in [0.4, 0.5) is 5.69 Å². The molecule has 0 amide bonds. The molecular formula is C32H57N5O2. The van der Waals surface area contributed by atoms with E-state index in [1.165, 1.54) is 5.57 Å². The predicted octanol–water partition coefficient (Wildman–Crippen LogP) is 6.98. The number of nitrogens with zero attached hydrogens (tertiary/aromatic N) is 3. The lowest BCUT2D eigenvalue weighted by Crippen LogP contribution is -2.27. The van der Waals surface area contributed by atoms with Crippen molar-refractivity contribution < 1.29 is 9.47 Å². The van der Waals surface area contributed by atoms with Crippen LogP contribution in [0.1, 0.15) is 74.7 Å².